The summed E-state index contributed by atoms with van der Waals surface area (Å²) in [6.45, 7) is 0.346. The van der Waals surface area contributed by atoms with Crippen LogP contribution in [0.2, 0.25) is 0 Å². The lowest BCUT2D eigenvalue weighted by Gasteiger charge is -2.07. The first kappa shape index (κ1) is 16.7. The van der Waals surface area contributed by atoms with Crippen LogP contribution in [0.25, 0.3) is 10.7 Å². The van der Waals surface area contributed by atoms with Gasteiger partial charge in [0.1, 0.15) is 10.7 Å². The number of aromatic nitrogens is 3. The highest BCUT2D eigenvalue weighted by Gasteiger charge is 2.11. The van der Waals surface area contributed by atoms with Crippen LogP contribution in [0.15, 0.2) is 54.3 Å². The third-order valence-electron chi connectivity index (χ3n) is 3.09. The molecule has 0 aliphatic carbocycles. The fraction of sp³-hybridized carbons (Fsp3) is 0.133. The molecule has 9 heteroatoms. The van der Waals surface area contributed by atoms with Gasteiger partial charge in [-0.05, 0) is 5.56 Å². The van der Waals surface area contributed by atoms with Crippen LogP contribution in [0, 0.1) is 0 Å². The van der Waals surface area contributed by atoms with Crippen LogP contribution in [-0.4, -0.2) is 23.4 Å². The maximum Gasteiger partial charge on any atom is 0.277 e. The molecule has 0 spiro atoms. The highest BCUT2D eigenvalue weighted by molar-refractivity contribution is 7.87. The number of hydrogen-bond donors (Lipinski definition) is 2. The molecule has 0 radical (unpaired) electrons. The zero-order valence-electron chi connectivity index (χ0n) is 12.6. The van der Waals surface area contributed by atoms with E-state index >= 15 is 0 Å². The van der Waals surface area contributed by atoms with E-state index < -0.39 is 10.2 Å². The van der Waals surface area contributed by atoms with Crippen molar-refractivity contribution in [2.45, 2.75) is 13.1 Å². The Balaban J connectivity index is 1.56. The van der Waals surface area contributed by atoms with E-state index in [9.17, 15) is 8.42 Å². The van der Waals surface area contributed by atoms with Crippen molar-refractivity contribution < 1.29 is 8.42 Å². The van der Waals surface area contributed by atoms with Crippen LogP contribution in [0.4, 0.5) is 0 Å². The van der Waals surface area contributed by atoms with Crippen molar-refractivity contribution in [3.05, 3.63) is 65.6 Å². The van der Waals surface area contributed by atoms with Gasteiger partial charge in [0, 0.05) is 24.3 Å². The molecule has 124 valence electrons. The molecule has 3 rings (SSSR count). The van der Waals surface area contributed by atoms with Crippen LogP contribution < -0.4 is 9.44 Å². The Bertz CT molecular complexity index is 882. The van der Waals surface area contributed by atoms with Crippen LogP contribution in [0.1, 0.15) is 11.3 Å². The minimum absolute atomic E-state index is 0.112. The molecule has 0 aliphatic heterocycles. The van der Waals surface area contributed by atoms with Crippen LogP contribution in [0.5, 0.6) is 0 Å². The van der Waals surface area contributed by atoms with Gasteiger partial charge in [-0.1, -0.05) is 30.3 Å². The van der Waals surface area contributed by atoms with Crippen molar-refractivity contribution in [3.63, 3.8) is 0 Å². The standard InChI is InChI=1S/C15H15N5O2S2/c21-24(22,18-8-12-4-2-1-3-5-12)19-9-13-11-23-15(20-13)14-10-16-6-7-17-14/h1-7,10-11,18-19H,8-9H2. The molecule has 0 fully saturated rings. The summed E-state index contributed by atoms with van der Waals surface area (Å²) in [6, 6.07) is 9.32. The summed E-state index contributed by atoms with van der Waals surface area (Å²) in [4.78, 5) is 12.5. The Morgan fingerprint density at radius 3 is 2.58 bits per heavy atom. The summed E-state index contributed by atoms with van der Waals surface area (Å²) in [7, 11) is -3.60. The molecule has 24 heavy (non-hydrogen) atoms. The summed E-state index contributed by atoms with van der Waals surface area (Å²) in [5, 5.41) is 2.50. The van der Waals surface area contributed by atoms with E-state index in [1.807, 2.05) is 30.3 Å². The highest BCUT2D eigenvalue weighted by atomic mass is 32.2. The molecule has 0 aliphatic rings. The molecule has 1 aromatic carbocycles. The van der Waals surface area contributed by atoms with E-state index in [1.165, 1.54) is 11.3 Å². The largest absolute Gasteiger partial charge is 0.277 e. The summed E-state index contributed by atoms with van der Waals surface area (Å²) in [5.74, 6) is 0. The Kier molecular flexibility index (Phi) is 5.26. The van der Waals surface area contributed by atoms with Crippen molar-refractivity contribution >= 4 is 21.5 Å². The smallest absolute Gasteiger partial charge is 0.261 e. The lowest BCUT2D eigenvalue weighted by atomic mass is 10.2. The van der Waals surface area contributed by atoms with Gasteiger partial charge in [0.15, 0.2) is 0 Å². The van der Waals surface area contributed by atoms with E-state index in [0.717, 1.165) is 5.56 Å². The van der Waals surface area contributed by atoms with Crippen LogP contribution in [0.3, 0.4) is 0 Å². The van der Waals surface area contributed by atoms with Crippen molar-refractivity contribution in [1.29, 1.82) is 0 Å². The second kappa shape index (κ2) is 7.58. The predicted octanol–water partition coefficient (Wildman–Crippen LogP) is 1.72. The van der Waals surface area contributed by atoms with Gasteiger partial charge in [0.25, 0.3) is 10.2 Å². The van der Waals surface area contributed by atoms with Crippen molar-refractivity contribution in [3.8, 4) is 10.7 Å². The van der Waals surface area contributed by atoms with Gasteiger partial charge >= 0.3 is 0 Å². The number of hydrogen-bond acceptors (Lipinski definition) is 6. The molecule has 2 N–H and O–H groups in total. The molecule has 2 aromatic heterocycles. The molecule has 0 atom stereocenters. The molecule has 0 saturated carbocycles. The van der Waals surface area contributed by atoms with Gasteiger partial charge in [-0.25, -0.2) is 4.98 Å². The average molecular weight is 361 g/mol. The van der Waals surface area contributed by atoms with Crippen molar-refractivity contribution in [2.24, 2.45) is 0 Å². The topological polar surface area (TPSA) is 96.9 Å². The fourth-order valence-electron chi connectivity index (χ4n) is 1.91. The summed E-state index contributed by atoms with van der Waals surface area (Å²) in [6.07, 6.45) is 4.80. The lowest BCUT2D eigenvalue weighted by molar-refractivity contribution is 0.565. The van der Waals surface area contributed by atoms with Crippen molar-refractivity contribution in [1.82, 2.24) is 24.4 Å². The van der Waals surface area contributed by atoms with Gasteiger partial charge in [-0.2, -0.15) is 17.9 Å². The third-order valence-corrected chi connectivity index (χ3v) is 5.05. The van der Waals surface area contributed by atoms with E-state index in [1.54, 1.807) is 24.0 Å². The van der Waals surface area contributed by atoms with Crippen LogP contribution >= 0.6 is 11.3 Å². The first-order chi connectivity index (χ1) is 11.6. The fourth-order valence-corrected chi connectivity index (χ4v) is 3.49. The van der Waals surface area contributed by atoms with Gasteiger partial charge in [-0.3, -0.25) is 9.97 Å². The number of nitrogens with one attached hydrogen (secondary N) is 2. The Morgan fingerprint density at radius 2 is 1.83 bits per heavy atom. The molecule has 3 aromatic rings. The Hall–Kier alpha value is -2.20. The van der Waals surface area contributed by atoms with E-state index in [-0.39, 0.29) is 13.1 Å². The zero-order chi connectivity index (χ0) is 16.8. The van der Waals surface area contributed by atoms with E-state index in [4.69, 9.17) is 0 Å². The first-order valence-electron chi connectivity index (χ1n) is 7.11. The van der Waals surface area contributed by atoms with Gasteiger partial charge in [-0.15, -0.1) is 11.3 Å². The molecule has 2 heterocycles. The maximum absolute atomic E-state index is 12.0. The monoisotopic (exact) mass is 361 g/mol. The van der Waals surface area contributed by atoms with E-state index in [0.29, 0.717) is 16.4 Å². The molecular formula is C15H15N5O2S2. The molecule has 7 nitrogen and oxygen atoms in total. The second-order valence-corrected chi connectivity index (χ2v) is 7.31. The maximum atomic E-state index is 12.0. The number of benzene rings is 1. The lowest BCUT2D eigenvalue weighted by Crippen LogP contribution is -2.35. The molecule has 0 unspecified atom stereocenters. The summed E-state index contributed by atoms with van der Waals surface area (Å²) in [5.41, 5.74) is 2.19. The number of thiazole rings is 1. The normalized spacial score (nSPS) is 11.5. The summed E-state index contributed by atoms with van der Waals surface area (Å²) >= 11 is 1.39. The summed E-state index contributed by atoms with van der Waals surface area (Å²) < 4.78 is 28.9. The zero-order valence-corrected chi connectivity index (χ0v) is 14.2. The Labute approximate surface area is 144 Å². The first-order valence-corrected chi connectivity index (χ1v) is 9.48. The predicted molar refractivity (Wildman–Crippen MR) is 92.2 cm³/mol. The molecule has 0 saturated heterocycles. The highest BCUT2D eigenvalue weighted by Crippen LogP contribution is 2.20. The SMILES string of the molecule is O=S(=O)(NCc1ccccc1)NCc1csc(-c2cnccn2)n1. The quantitative estimate of drug-likeness (QED) is 0.668. The molecule has 0 bridgehead atoms. The van der Waals surface area contributed by atoms with E-state index in [2.05, 4.69) is 24.4 Å². The Morgan fingerprint density at radius 1 is 1.04 bits per heavy atom. The molecule has 0 amide bonds. The average Bonchev–Trinajstić information content (AvgIpc) is 3.09. The van der Waals surface area contributed by atoms with Gasteiger partial charge in [0.05, 0.1) is 18.4 Å². The van der Waals surface area contributed by atoms with Crippen molar-refractivity contribution in [2.75, 3.05) is 0 Å². The number of nitrogens with zero attached hydrogens (tertiary/aromatic N) is 3. The minimum Gasteiger partial charge on any atom is -0.261 e. The third kappa shape index (κ3) is 4.65. The number of rotatable bonds is 7. The molecular weight excluding hydrogens is 346 g/mol. The minimum atomic E-state index is -3.60. The second-order valence-electron chi connectivity index (χ2n) is 4.87. The van der Waals surface area contributed by atoms with Gasteiger partial charge in [0.2, 0.25) is 0 Å². The van der Waals surface area contributed by atoms with Crippen LogP contribution in [-0.2, 0) is 23.3 Å². The van der Waals surface area contributed by atoms with Gasteiger partial charge < -0.3 is 0 Å².